The second kappa shape index (κ2) is 17.6. The van der Waals surface area contributed by atoms with Gasteiger partial charge in [0.2, 0.25) is 0 Å². The number of hydrogen-bond donors (Lipinski definition) is 0. The van der Waals surface area contributed by atoms with Gasteiger partial charge in [0.1, 0.15) is 16.1 Å². The summed E-state index contributed by atoms with van der Waals surface area (Å²) in [6.45, 7) is 29.0. The summed E-state index contributed by atoms with van der Waals surface area (Å²) in [6, 6.07) is 43.7. The Morgan fingerprint density at radius 3 is 1.10 bits per heavy atom. The normalized spacial score (nSPS) is 13.5. The van der Waals surface area contributed by atoms with E-state index in [9.17, 15) is 0 Å². The van der Waals surface area contributed by atoms with Crippen molar-refractivity contribution in [1.82, 2.24) is 0 Å². The summed E-state index contributed by atoms with van der Waals surface area (Å²) >= 11 is 0. The fourth-order valence-electron chi connectivity index (χ4n) is 11.7. The maximum absolute atomic E-state index is 4.18. The first-order chi connectivity index (χ1) is 30.1. The highest BCUT2D eigenvalue weighted by Crippen LogP contribution is 2.44. The predicted molar refractivity (Wildman–Crippen MR) is 284 cm³/mol. The Morgan fingerprint density at radius 2 is 0.698 bits per heavy atom. The van der Waals surface area contributed by atoms with E-state index in [2.05, 4.69) is 246 Å². The van der Waals surface area contributed by atoms with E-state index >= 15 is 0 Å². The van der Waals surface area contributed by atoms with Crippen LogP contribution >= 0.6 is 0 Å². The van der Waals surface area contributed by atoms with Crippen molar-refractivity contribution in [2.45, 2.75) is 122 Å². The van der Waals surface area contributed by atoms with Gasteiger partial charge in [-0.05, 0) is 134 Å². The van der Waals surface area contributed by atoms with Crippen LogP contribution in [0.15, 0.2) is 140 Å². The number of allylic oxidation sites excluding steroid dienone is 4. The molecule has 0 saturated carbocycles. The van der Waals surface area contributed by atoms with E-state index in [1.165, 1.54) is 70.9 Å². The van der Waals surface area contributed by atoms with Gasteiger partial charge in [-0.3, -0.25) is 0 Å². The lowest BCUT2D eigenvalue weighted by atomic mass is 9.88. The monoisotopic (exact) mass is 854 g/mol. The summed E-state index contributed by atoms with van der Waals surface area (Å²) in [7, 11) is -4.12. The van der Waals surface area contributed by atoms with Crippen molar-refractivity contribution in [2.24, 2.45) is 0 Å². The summed E-state index contributed by atoms with van der Waals surface area (Å²) in [4.78, 5) is 0. The Kier molecular flexibility index (Phi) is 12.4. The Labute approximate surface area is 381 Å². The summed E-state index contributed by atoms with van der Waals surface area (Å²) in [5, 5.41) is 9.82. The molecular weight excluding hydrogens is 789 g/mol. The molecule has 7 aromatic rings. The third kappa shape index (κ3) is 7.96. The van der Waals surface area contributed by atoms with Gasteiger partial charge in [0.05, 0.1) is 0 Å². The van der Waals surface area contributed by atoms with Crippen LogP contribution < -0.4 is 0 Å². The van der Waals surface area contributed by atoms with Crippen molar-refractivity contribution in [3.8, 4) is 45.2 Å². The molecule has 63 heavy (non-hydrogen) atoms. The van der Waals surface area contributed by atoms with Crippen molar-refractivity contribution < 1.29 is 0 Å². The maximum atomic E-state index is 4.18. The van der Waals surface area contributed by atoms with Gasteiger partial charge in [-0.2, -0.15) is 0 Å². The molecule has 0 fully saturated rings. The van der Waals surface area contributed by atoms with E-state index in [0.717, 1.165) is 11.1 Å². The second-order valence-corrected chi connectivity index (χ2v) is 31.4. The zero-order chi connectivity index (χ0) is 44.8. The number of hydrogen-bond acceptors (Lipinski definition) is 0. The van der Waals surface area contributed by atoms with Gasteiger partial charge >= 0.3 is 0 Å². The van der Waals surface area contributed by atoms with E-state index in [1.54, 1.807) is 0 Å². The first-order valence-corrected chi connectivity index (χ1v) is 28.1. The van der Waals surface area contributed by atoms with Crippen molar-refractivity contribution >= 4 is 59.2 Å². The summed E-state index contributed by atoms with van der Waals surface area (Å²) in [6.07, 6.45) is 8.76. The lowest BCUT2D eigenvalue weighted by Gasteiger charge is -2.38. The Hall–Kier alpha value is -5.39. The van der Waals surface area contributed by atoms with Gasteiger partial charge in [-0.15, -0.1) is 11.1 Å². The zero-order valence-electron chi connectivity index (χ0n) is 39.8. The smallest absolute Gasteiger partial charge is 0.125 e. The van der Waals surface area contributed by atoms with Crippen LogP contribution in [0.4, 0.5) is 0 Å². The Balaban J connectivity index is 1.37. The summed E-state index contributed by atoms with van der Waals surface area (Å²) in [5.41, 5.74) is 20.1. The van der Waals surface area contributed by atoms with E-state index in [4.69, 9.17) is 0 Å². The van der Waals surface area contributed by atoms with Crippen LogP contribution in [-0.2, 0) is 0 Å². The quantitative estimate of drug-likeness (QED) is 0.0771. The Morgan fingerprint density at radius 1 is 0.365 bits per heavy atom. The first-order valence-electron chi connectivity index (χ1n) is 23.6. The summed E-state index contributed by atoms with van der Waals surface area (Å²) in [5.74, 6) is 8.47. The van der Waals surface area contributed by atoms with E-state index < -0.39 is 16.1 Å². The third-order valence-corrected chi connectivity index (χ3v) is 27.7. The number of fused-ring (bicyclic) bond motifs is 4. The molecule has 1 aliphatic carbocycles. The highest BCUT2D eigenvalue weighted by Gasteiger charge is 2.43. The first kappa shape index (κ1) is 44.2. The standard InChI is InChI=1S/C61H66Si2/c1-40(2)62(41(3)4,42(5)6)33-31-56-58-36-51-19-15-16-20-52(51)37-59(58)57(32-34-63(43(7)8,44(9)10)45(11)12)61-39-55-35-53(29-30-54(55)38-60(56)61)50-27-25-49(26-28-50)48-23-21-47(22-24-48)46-17-13-14-18-46/h13-30,35-46H,1-12H3. The largest absolute Gasteiger partial charge is 0.146 e. The topological polar surface area (TPSA) is 0 Å². The highest BCUT2D eigenvalue weighted by molar-refractivity contribution is 6.91. The van der Waals surface area contributed by atoms with E-state index in [0.29, 0.717) is 39.2 Å². The molecule has 0 aliphatic heterocycles. The fourth-order valence-corrected chi connectivity index (χ4v) is 22.1. The molecule has 7 aromatic carbocycles. The molecule has 0 N–H and O–H groups in total. The van der Waals surface area contributed by atoms with Crippen LogP contribution in [0.3, 0.4) is 0 Å². The predicted octanol–water partition coefficient (Wildman–Crippen LogP) is 18.0. The molecule has 0 atom stereocenters. The van der Waals surface area contributed by atoms with Crippen LogP contribution in [0.1, 0.15) is 106 Å². The number of rotatable bonds is 9. The Bertz CT molecular complexity index is 2960. The molecule has 0 radical (unpaired) electrons. The van der Waals surface area contributed by atoms with Crippen molar-refractivity contribution in [2.75, 3.05) is 0 Å². The lowest BCUT2D eigenvalue weighted by molar-refractivity contribution is 0.838. The van der Waals surface area contributed by atoms with E-state index in [-0.39, 0.29) is 0 Å². The third-order valence-electron chi connectivity index (χ3n) is 15.1. The van der Waals surface area contributed by atoms with Crippen molar-refractivity contribution in [1.29, 1.82) is 0 Å². The minimum Gasteiger partial charge on any atom is -0.125 e. The van der Waals surface area contributed by atoms with Crippen molar-refractivity contribution in [3.63, 3.8) is 0 Å². The molecule has 2 heteroatoms. The van der Waals surface area contributed by atoms with Crippen LogP contribution in [0.25, 0.3) is 65.3 Å². The van der Waals surface area contributed by atoms with Gasteiger partial charge in [-0.1, -0.05) is 204 Å². The van der Waals surface area contributed by atoms with Crippen molar-refractivity contribution in [3.05, 3.63) is 156 Å². The van der Waals surface area contributed by atoms with Crippen LogP contribution in [0.2, 0.25) is 33.2 Å². The molecule has 8 rings (SSSR count). The SMILES string of the molecule is CC(C)[Si](C#Cc1c2cc3ccccc3cc2c(C#C[Si](C(C)C)(C(C)C)C(C)C)c2cc3cc(-c4ccc(-c5ccc(C6C=CC=C6)cc5)cc4)ccc3cc12)(C(C)C)C(C)C. The van der Waals surface area contributed by atoms with E-state index in [1.807, 2.05) is 0 Å². The van der Waals surface area contributed by atoms with Gasteiger partial charge in [-0.25, -0.2) is 0 Å². The molecule has 0 saturated heterocycles. The zero-order valence-corrected chi connectivity index (χ0v) is 41.8. The van der Waals surface area contributed by atoms with Gasteiger partial charge in [0.25, 0.3) is 0 Å². The molecular formula is C61H66Si2. The molecule has 0 amide bonds. The molecule has 0 unspecified atom stereocenters. The highest BCUT2D eigenvalue weighted by atomic mass is 28.3. The lowest BCUT2D eigenvalue weighted by Crippen LogP contribution is -2.43. The molecule has 1 aliphatic rings. The summed E-state index contributed by atoms with van der Waals surface area (Å²) < 4.78 is 0. The maximum Gasteiger partial charge on any atom is 0.146 e. The molecule has 0 nitrogen and oxygen atoms in total. The van der Waals surface area contributed by atoms with Gasteiger partial charge in [0.15, 0.2) is 0 Å². The fraction of sp³-hybridized carbons (Fsp3) is 0.311. The minimum absolute atomic E-state index is 0.379. The van der Waals surface area contributed by atoms with Crippen LogP contribution in [0.5, 0.6) is 0 Å². The van der Waals surface area contributed by atoms with Crippen LogP contribution in [0, 0.1) is 22.9 Å². The minimum atomic E-state index is -2.06. The molecule has 0 spiro atoms. The van der Waals surface area contributed by atoms with Gasteiger partial charge in [0, 0.05) is 17.0 Å². The molecule has 0 heterocycles. The average Bonchev–Trinajstić information content (AvgIpc) is 3.81. The van der Waals surface area contributed by atoms with Gasteiger partial charge < -0.3 is 0 Å². The van der Waals surface area contributed by atoms with Crippen LogP contribution in [-0.4, -0.2) is 16.1 Å². The second-order valence-electron chi connectivity index (χ2n) is 20.2. The number of benzene rings is 7. The average molecular weight is 855 g/mol. The molecule has 0 aromatic heterocycles. The molecule has 0 bridgehead atoms. The molecule has 318 valence electrons.